The van der Waals surface area contributed by atoms with Gasteiger partial charge in [0, 0.05) is 12.2 Å². The summed E-state index contributed by atoms with van der Waals surface area (Å²) in [6.45, 7) is 2.64. The van der Waals surface area contributed by atoms with Gasteiger partial charge >= 0.3 is 0 Å². The van der Waals surface area contributed by atoms with Gasteiger partial charge in [-0.15, -0.1) is 0 Å². The molecule has 0 atom stereocenters. The molecule has 0 radical (unpaired) electrons. The van der Waals surface area contributed by atoms with Gasteiger partial charge < -0.3 is 16.4 Å². The van der Waals surface area contributed by atoms with E-state index in [-0.39, 0.29) is 5.02 Å². The molecule has 5 nitrogen and oxygen atoms in total. The van der Waals surface area contributed by atoms with Crippen LogP contribution < -0.4 is 16.4 Å². The number of rotatable bonds is 4. The number of benzene rings is 1. The Bertz CT molecular complexity index is 590. The van der Waals surface area contributed by atoms with Gasteiger partial charge in [0.1, 0.15) is 17.8 Å². The van der Waals surface area contributed by atoms with Gasteiger partial charge in [0.25, 0.3) is 0 Å². The Morgan fingerprint density at radius 3 is 2.74 bits per heavy atom. The van der Waals surface area contributed by atoms with Gasteiger partial charge in [-0.3, -0.25) is 0 Å². The van der Waals surface area contributed by atoms with Crippen molar-refractivity contribution in [2.75, 3.05) is 22.9 Å². The van der Waals surface area contributed by atoms with Crippen LogP contribution in [0.3, 0.4) is 0 Å². The summed E-state index contributed by atoms with van der Waals surface area (Å²) in [5.74, 6) is 0.512. The molecular formula is C12H13ClFN5. The lowest BCUT2D eigenvalue weighted by molar-refractivity contribution is 0.628. The summed E-state index contributed by atoms with van der Waals surface area (Å²) >= 11 is 5.71. The molecule has 0 spiro atoms. The van der Waals surface area contributed by atoms with Crippen molar-refractivity contribution in [1.82, 2.24) is 9.97 Å². The number of hydrogen-bond acceptors (Lipinski definition) is 5. The molecule has 0 unspecified atom stereocenters. The van der Waals surface area contributed by atoms with E-state index in [9.17, 15) is 4.39 Å². The van der Waals surface area contributed by atoms with Crippen molar-refractivity contribution in [3.8, 4) is 0 Å². The molecular weight excluding hydrogens is 269 g/mol. The quantitative estimate of drug-likeness (QED) is 0.803. The number of nitrogens with two attached hydrogens (primary N) is 1. The molecule has 1 heterocycles. The lowest BCUT2D eigenvalue weighted by atomic mass is 10.3. The molecule has 7 heteroatoms. The Hall–Kier alpha value is -2.08. The van der Waals surface area contributed by atoms with Crippen molar-refractivity contribution >= 4 is 34.6 Å². The highest BCUT2D eigenvalue weighted by Crippen LogP contribution is 2.27. The first-order valence-electron chi connectivity index (χ1n) is 5.68. The van der Waals surface area contributed by atoms with Crippen LogP contribution in [0.25, 0.3) is 0 Å². The summed E-state index contributed by atoms with van der Waals surface area (Å²) in [7, 11) is 0. The fourth-order valence-electron chi connectivity index (χ4n) is 1.51. The van der Waals surface area contributed by atoms with E-state index in [1.54, 1.807) is 6.07 Å². The topological polar surface area (TPSA) is 75.9 Å². The summed E-state index contributed by atoms with van der Waals surface area (Å²) in [6.07, 6.45) is 1.39. The first-order chi connectivity index (χ1) is 9.11. The third-order valence-corrected chi connectivity index (χ3v) is 2.70. The maximum atomic E-state index is 13.1. The van der Waals surface area contributed by atoms with Crippen molar-refractivity contribution < 1.29 is 4.39 Å². The van der Waals surface area contributed by atoms with E-state index in [0.717, 1.165) is 0 Å². The average molecular weight is 282 g/mol. The summed E-state index contributed by atoms with van der Waals surface area (Å²) in [6, 6.07) is 4.29. The number of halogens is 2. The summed E-state index contributed by atoms with van der Waals surface area (Å²) in [5.41, 5.74) is 6.92. The Kier molecular flexibility index (Phi) is 4.01. The predicted molar refractivity (Wildman–Crippen MR) is 75.3 cm³/mol. The smallest absolute Gasteiger partial charge is 0.159 e. The molecule has 2 rings (SSSR count). The third kappa shape index (κ3) is 3.03. The van der Waals surface area contributed by atoms with E-state index >= 15 is 0 Å². The van der Waals surface area contributed by atoms with Crippen LogP contribution in [0.4, 0.5) is 27.4 Å². The fourth-order valence-corrected chi connectivity index (χ4v) is 1.69. The van der Waals surface area contributed by atoms with Gasteiger partial charge in [0.15, 0.2) is 11.6 Å². The zero-order valence-corrected chi connectivity index (χ0v) is 11.0. The molecule has 0 saturated carbocycles. The maximum absolute atomic E-state index is 13.1. The molecule has 0 aliphatic carbocycles. The van der Waals surface area contributed by atoms with Gasteiger partial charge in [-0.2, -0.15) is 0 Å². The number of nitrogens with one attached hydrogen (secondary N) is 2. The van der Waals surface area contributed by atoms with E-state index in [4.69, 9.17) is 17.3 Å². The summed E-state index contributed by atoms with van der Waals surface area (Å²) in [5, 5.41) is 6.02. The van der Waals surface area contributed by atoms with E-state index in [1.165, 1.54) is 18.5 Å². The average Bonchev–Trinajstić information content (AvgIpc) is 2.39. The van der Waals surface area contributed by atoms with Crippen LogP contribution in [0.5, 0.6) is 0 Å². The molecule has 1 aromatic heterocycles. The SMILES string of the molecule is CCNc1ncnc(Nc2ccc(F)c(Cl)c2)c1N. The van der Waals surface area contributed by atoms with E-state index in [0.29, 0.717) is 29.6 Å². The molecule has 19 heavy (non-hydrogen) atoms. The monoisotopic (exact) mass is 281 g/mol. The second kappa shape index (κ2) is 5.71. The summed E-state index contributed by atoms with van der Waals surface area (Å²) in [4.78, 5) is 8.07. The lowest BCUT2D eigenvalue weighted by Gasteiger charge is -2.11. The Morgan fingerprint density at radius 2 is 2.05 bits per heavy atom. The second-order valence-corrected chi connectivity index (χ2v) is 4.18. The second-order valence-electron chi connectivity index (χ2n) is 3.77. The number of hydrogen-bond donors (Lipinski definition) is 3. The number of nitrogen functional groups attached to an aromatic ring is 1. The van der Waals surface area contributed by atoms with Crippen LogP contribution >= 0.6 is 11.6 Å². The van der Waals surface area contributed by atoms with E-state index in [2.05, 4.69) is 20.6 Å². The van der Waals surface area contributed by atoms with Crippen LogP contribution in [-0.2, 0) is 0 Å². The Balaban J connectivity index is 2.27. The molecule has 4 N–H and O–H groups in total. The highest BCUT2D eigenvalue weighted by atomic mass is 35.5. The molecule has 0 bridgehead atoms. The van der Waals surface area contributed by atoms with Gasteiger partial charge in [-0.25, -0.2) is 14.4 Å². The van der Waals surface area contributed by atoms with Gasteiger partial charge in [0.05, 0.1) is 5.02 Å². The molecule has 1 aromatic carbocycles. The van der Waals surface area contributed by atoms with Crippen LogP contribution in [-0.4, -0.2) is 16.5 Å². The van der Waals surface area contributed by atoms with E-state index in [1.807, 2.05) is 6.92 Å². The first kappa shape index (κ1) is 13.4. The first-order valence-corrected chi connectivity index (χ1v) is 6.06. The lowest BCUT2D eigenvalue weighted by Crippen LogP contribution is -2.07. The highest BCUT2D eigenvalue weighted by molar-refractivity contribution is 6.31. The third-order valence-electron chi connectivity index (χ3n) is 2.41. The van der Waals surface area contributed by atoms with Crippen LogP contribution in [0.1, 0.15) is 6.92 Å². The number of aromatic nitrogens is 2. The summed E-state index contributed by atoms with van der Waals surface area (Å²) < 4.78 is 13.1. The van der Waals surface area contributed by atoms with Crippen molar-refractivity contribution in [2.24, 2.45) is 0 Å². The molecule has 0 aliphatic heterocycles. The van der Waals surface area contributed by atoms with Gasteiger partial charge in [-0.1, -0.05) is 11.6 Å². The molecule has 0 saturated heterocycles. The number of anilines is 4. The number of nitrogens with zero attached hydrogens (tertiary/aromatic N) is 2. The highest BCUT2D eigenvalue weighted by Gasteiger charge is 2.08. The largest absolute Gasteiger partial charge is 0.393 e. The van der Waals surface area contributed by atoms with Gasteiger partial charge in [-0.05, 0) is 25.1 Å². The van der Waals surface area contributed by atoms with E-state index < -0.39 is 5.82 Å². The standard InChI is InChI=1S/C12H13ClFN5/c1-2-16-11-10(15)12(18-6-17-11)19-7-3-4-9(14)8(13)5-7/h3-6H,2,15H2,1H3,(H2,16,17,18,19). The minimum Gasteiger partial charge on any atom is -0.393 e. The maximum Gasteiger partial charge on any atom is 0.159 e. The minimum absolute atomic E-state index is 0.0320. The van der Waals surface area contributed by atoms with Gasteiger partial charge in [0.2, 0.25) is 0 Å². The zero-order chi connectivity index (χ0) is 13.8. The molecule has 0 aliphatic rings. The Morgan fingerprint density at radius 1 is 1.32 bits per heavy atom. The van der Waals surface area contributed by atoms with Crippen molar-refractivity contribution in [2.45, 2.75) is 6.92 Å². The predicted octanol–water partition coefficient (Wildman–Crippen LogP) is 3.03. The van der Waals surface area contributed by atoms with Crippen molar-refractivity contribution in [3.63, 3.8) is 0 Å². The van der Waals surface area contributed by atoms with Crippen LogP contribution in [0.2, 0.25) is 5.02 Å². The molecule has 0 amide bonds. The molecule has 100 valence electrons. The Labute approximate surface area is 115 Å². The minimum atomic E-state index is -0.476. The zero-order valence-electron chi connectivity index (χ0n) is 10.2. The van der Waals surface area contributed by atoms with Crippen molar-refractivity contribution in [3.05, 3.63) is 35.4 Å². The fraction of sp³-hybridized carbons (Fsp3) is 0.167. The normalized spacial score (nSPS) is 10.3. The van der Waals surface area contributed by atoms with Crippen LogP contribution in [0, 0.1) is 5.82 Å². The van der Waals surface area contributed by atoms with Crippen molar-refractivity contribution in [1.29, 1.82) is 0 Å². The molecule has 0 fully saturated rings. The van der Waals surface area contributed by atoms with Crippen LogP contribution in [0.15, 0.2) is 24.5 Å². The molecule has 2 aromatic rings.